The van der Waals surface area contributed by atoms with Crippen LogP contribution >= 0.6 is 0 Å². The van der Waals surface area contributed by atoms with Crippen molar-refractivity contribution in [2.24, 2.45) is 0 Å². The lowest BCUT2D eigenvalue weighted by Gasteiger charge is -2.05. The molecule has 0 fully saturated rings. The van der Waals surface area contributed by atoms with Crippen molar-refractivity contribution < 1.29 is 9.72 Å². The van der Waals surface area contributed by atoms with E-state index in [1.807, 2.05) is 0 Å². The van der Waals surface area contributed by atoms with E-state index in [0.717, 1.165) is 5.56 Å². The number of nitro groups is 1. The molecule has 5 nitrogen and oxygen atoms in total. The minimum atomic E-state index is -0.495. The molecular formula is C11H12N2O3. The van der Waals surface area contributed by atoms with Crippen molar-refractivity contribution >= 4 is 17.3 Å². The first-order valence-corrected chi connectivity index (χ1v) is 4.73. The smallest absolute Gasteiger partial charge is 0.271 e. The molecule has 0 radical (unpaired) electrons. The third kappa shape index (κ3) is 2.91. The number of hydrogen-bond acceptors (Lipinski definition) is 3. The first-order valence-electron chi connectivity index (χ1n) is 4.73. The molecule has 0 unspecified atom stereocenters. The van der Waals surface area contributed by atoms with Crippen molar-refractivity contribution in [2.45, 2.75) is 13.8 Å². The zero-order valence-corrected chi connectivity index (χ0v) is 9.06. The highest BCUT2D eigenvalue weighted by Crippen LogP contribution is 2.21. The Bertz CT molecular complexity index is 453. The topological polar surface area (TPSA) is 72.2 Å². The SMILES string of the molecule is CC=CC(=O)Nc1cc([N+](=O)[O-])ccc1C. The van der Waals surface area contributed by atoms with Gasteiger partial charge in [-0.2, -0.15) is 0 Å². The van der Waals surface area contributed by atoms with Crippen LogP contribution in [0.5, 0.6) is 0 Å². The summed E-state index contributed by atoms with van der Waals surface area (Å²) >= 11 is 0. The monoisotopic (exact) mass is 220 g/mol. The average molecular weight is 220 g/mol. The number of hydrogen-bond donors (Lipinski definition) is 1. The maximum atomic E-state index is 11.3. The van der Waals surface area contributed by atoms with Crippen LogP contribution in [-0.4, -0.2) is 10.8 Å². The molecule has 1 N–H and O–H groups in total. The summed E-state index contributed by atoms with van der Waals surface area (Å²) < 4.78 is 0. The average Bonchev–Trinajstić information content (AvgIpc) is 2.21. The highest BCUT2D eigenvalue weighted by molar-refractivity contribution is 5.99. The van der Waals surface area contributed by atoms with Crippen LogP contribution in [0.4, 0.5) is 11.4 Å². The lowest BCUT2D eigenvalue weighted by Crippen LogP contribution is -2.09. The molecule has 0 aromatic heterocycles. The van der Waals surface area contributed by atoms with E-state index in [1.165, 1.54) is 18.2 Å². The van der Waals surface area contributed by atoms with E-state index in [0.29, 0.717) is 5.69 Å². The third-order valence-corrected chi connectivity index (χ3v) is 2.01. The second-order valence-corrected chi connectivity index (χ2v) is 3.25. The summed E-state index contributed by atoms with van der Waals surface area (Å²) in [6, 6.07) is 4.35. The molecule has 0 aliphatic heterocycles. The van der Waals surface area contributed by atoms with Gasteiger partial charge in [-0.15, -0.1) is 0 Å². The van der Waals surface area contributed by atoms with Gasteiger partial charge in [-0.25, -0.2) is 0 Å². The third-order valence-electron chi connectivity index (χ3n) is 2.01. The Labute approximate surface area is 92.9 Å². The molecule has 0 atom stereocenters. The fraction of sp³-hybridized carbons (Fsp3) is 0.182. The van der Waals surface area contributed by atoms with Crippen LogP contribution in [0.15, 0.2) is 30.4 Å². The molecule has 1 rings (SSSR count). The predicted octanol–water partition coefficient (Wildman–Crippen LogP) is 2.42. The van der Waals surface area contributed by atoms with Gasteiger partial charge in [0, 0.05) is 12.1 Å². The number of non-ortho nitro benzene ring substituents is 1. The zero-order chi connectivity index (χ0) is 12.1. The minimum absolute atomic E-state index is 0.0404. The van der Waals surface area contributed by atoms with Crippen LogP contribution in [-0.2, 0) is 4.79 Å². The lowest BCUT2D eigenvalue weighted by atomic mass is 10.2. The van der Waals surface area contributed by atoms with Crippen molar-refractivity contribution in [3.05, 3.63) is 46.0 Å². The van der Waals surface area contributed by atoms with Crippen LogP contribution in [0.1, 0.15) is 12.5 Å². The van der Waals surface area contributed by atoms with Crippen molar-refractivity contribution in [1.82, 2.24) is 0 Å². The standard InChI is InChI=1S/C11H12N2O3/c1-3-4-11(14)12-10-7-9(13(15)16)6-5-8(10)2/h3-7H,1-2H3,(H,12,14). The number of carbonyl (C=O) groups is 1. The Morgan fingerprint density at radius 3 is 2.75 bits per heavy atom. The molecule has 0 aliphatic rings. The summed E-state index contributed by atoms with van der Waals surface area (Å²) in [7, 11) is 0. The van der Waals surface area contributed by atoms with E-state index in [2.05, 4.69) is 5.32 Å². The van der Waals surface area contributed by atoms with Crippen molar-refractivity contribution in [1.29, 1.82) is 0 Å². The summed E-state index contributed by atoms with van der Waals surface area (Å²) in [6.07, 6.45) is 2.96. The van der Waals surface area contributed by atoms with Gasteiger partial charge in [0.15, 0.2) is 0 Å². The quantitative estimate of drug-likeness (QED) is 0.483. The van der Waals surface area contributed by atoms with Gasteiger partial charge < -0.3 is 5.32 Å². The van der Waals surface area contributed by atoms with Crippen molar-refractivity contribution in [3.63, 3.8) is 0 Å². The van der Waals surface area contributed by atoms with Crippen LogP contribution in [0.3, 0.4) is 0 Å². The van der Waals surface area contributed by atoms with Crippen molar-refractivity contribution in [3.8, 4) is 0 Å². The van der Waals surface area contributed by atoms with Gasteiger partial charge in [0.2, 0.25) is 5.91 Å². The molecule has 1 amide bonds. The normalized spacial score (nSPS) is 10.4. The number of amides is 1. The number of nitrogens with zero attached hydrogens (tertiary/aromatic N) is 1. The fourth-order valence-corrected chi connectivity index (χ4v) is 1.18. The highest BCUT2D eigenvalue weighted by Gasteiger charge is 2.09. The Kier molecular flexibility index (Phi) is 3.77. The Morgan fingerprint density at radius 1 is 1.50 bits per heavy atom. The molecule has 84 valence electrons. The summed E-state index contributed by atoms with van der Waals surface area (Å²) in [5.41, 5.74) is 1.20. The van der Waals surface area contributed by atoms with Crippen LogP contribution in [0.25, 0.3) is 0 Å². The second-order valence-electron chi connectivity index (χ2n) is 3.25. The number of anilines is 1. The maximum Gasteiger partial charge on any atom is 0.271 e. The molecule has 0 saturated heterocycles. The van der Waals surface area contributed by atoms with Gasteiger partial charge in [-0.1, -0.05) is 12.1 Å². The van der Waals surface area contributed by atoms with E-state index in [9.17, 15) is 14.9 Å². The number of rotatable bonds is 3. The Morgan fingerprint density at radius 2 is 2.19 bits per heavy atom. The summed E-state index contributed by atoms with van der Waals surface area (Å²) in [4.78, 5) is 21.3. The molecule has 0 spiro atoms. The predicted molar refractivity (Wildman–Crippen MR) is 61.3 cm³/mol. The maximum absolute atomic E-state index is 11.3. The number of carbonyl (C=O) groups excluding carboxylic acids is 1. The minimum Gasteiger partial charge on any atom is -0.322 e. The van der Waals surface area contributed by atoms with Gasteiger partial charge in [-0.05, 0) is 25.5 Å². The molecule has 0 aliphatic carbocycles. The highest BCUT2D eigenvalue weighted by atomic mass is 16.6. The Hall–Kier alpha value is -2.17. The lowest BCUT2D eigenvalue weighted by molar-refractivity contribution is -0.384. The van der Waals surface area contributed by atoms with Crippen LogP contribution in [0, 0.1) is 17.0 Å². The molecular weight excluding hydrogens is 208 g/mol. The molecule has 0 saturated carbocycles. The van der Waals surface area contributed by atoms with Gasteiger partial charge in [-0.3, -0.25) is 14.9 Å². The molecule has 1 aromatic rings. The van der Waals surface area contributed by atoms with Crippen LogP contribution in [0.2, 0.25) is 0 Å². The first-order chi connectivity index (χ1) is 7.54. The molecule has 0 heterocycles. The van der Waals surface area contributed by atoms with E-state index in [4.69, 9.17) is 0 Å². The summed E-state index contributed by atoms with van der Waals surface area (Å²) in [6.45, 7) is 3.49. The molecule has 0 bridgehead atoms. The number of nitrogens with one attached hydrogen (secondary N) is 1. The summed E-state index contributed by atoms with van der Waals surface area (Å²) in [5.74, 6) is -0.300. The van der Waals surface area contributed by atoms with Crippen molar-refractivity contribution in [2.75, 3.05) is 5.32 Å². The first kappa shape index (κ1) is 11.9. The van der Waals surface area contributed by atoms with Gasteiger partial charge in [0.05, 0.1) is 10.6 Å². The summed E-state index contributed by atoms with van der Waals surface area (Å²) in [5, 5.41) is 13.1. The zero-order valence-electron chi connectivity index (χ0n) is 9.06. The van der Waals surface area contributed by atoms with Gasteiger partial charge in [0.1, 0.15) is 0 Å². The number of benzene rings is 1. The number of allylic oxidation sites excluding steroid dienone is 1. The van der Waals surface area contributed by atoms with Gasteiger partial charge in [0.25, 0.3) is 5.69 Å². The van der Waals surface area contributed by atoms with E-state index in [-0.39, 0.29) is 11.6 Å². The molecule has 16 heavy (non-hydrogen) atoms. The largest absolute Gasteiger partial charge is 0.322 e. The van der Waals surface area contributed by atoms with Gasteiger partial charge >= 0.3 is 0 Å². The van der Waals surface area contributed by atoms with E-state index >= 15 is 0 Å². The Balaban J connectivity index is 2.98. The second kappa shape index (κ2) is 5.06. The van der Waals surface area contributed by atoms with E-state index in [1.54, 1.807) is 26.0 Å². The van der Waals surface area contributed by atoms with Crippen LogP contribution < -0.4 is 5.32 Å². The fourth-order valence-electron chi connectivity index (χ4n) is 1.18. The number of nitro benzene ring substituents is 1. The number of aryl methyl sites for hydroxylation is 1. The van der Waals surface area contributed by atoms with E-state index < -0.39 is 4.92 Å². The molecule has 1 aromatic carbocycles. The molecule has 5 heteroatoms.